The summed E-state index contributed by atoms with van der Waals surface area (Å²) in [6.07, 6.45) is 5.80. The molecule has 0 aliphatic heterocycles. The molecule has 0 bridgehead atoms. The molecule has 5 heteroatoms. The smallest absolute Gasteiger partial charge is 0.249 e. The van der Waals surface area contributed by atoms with Crippen LogP contribution >= 0.6 is 15.9 Å². The summed E-state index contributed by atoms with van der Waals surface area (Å²) in [5.74, 6) is 0.477. The average molecular weight is 320 g/mol. The number of hydrogen-bond acceptors (Lipinski definition) is 2. The molecule has 1 aromatic heterocycles. The Labute approximate surface area is 120 Å². The van der Waals surface area contributed by atoms with Crippen molar-refractivity contribution in [2.24, 2.45) is 0 Å². The summed E-state index contributed by atoms with van der Waals surface area (Å²) in [4.78, 5) is 11.8. The van der Waals surface area contributed by atoms with E-state index in [0.29, 0.717) is 5.82 Å². The second kappa shape index (κ2) is 6.33. The van der Waals surface area contributed by atoms with Crippen molar-refractivity contribution in [2.75, 3.05) is 5.32 Å². The van der Waals surface area contributed by atoms with Crippen LogP contribution in [0.15, 0.2) is 41.0 Å². The van der Waals surface area contributed by atoms with E-state index in [1.807, 2.05) is 31.2 Å². The van der Waals surface area contributed by atoms with E-state index in [2.05, 4.69) is 31.4 Å². The number of carbonyl (C=O) groups is 1. The molecule has 19 heavy (non-hydrogen) atoms. The molecule has 1 amide bonds. The lowest BCUT2D eigenvalue weighted by atomic mass is 10.2. The Morgan fingerprint density at radius 3 is 3.11 bits per heavy atom. The van der Waals surface area contributed by atoms with Gasteiger partial charge in [0.2, 0.25) is 5.91 Å². The van der Waals surface area contributed by atoms with Crippen LogP contribution in [0.25, 0.3) is 6.08 Å². The molecule has 0 spiro atoms. The molecular formula is C14H14BrN3O. The highest BCUT2D eigenvalue weighted by molar-refractivity contribution is 9.10. The molecule has 2 rings (SSSR count). The van der Waals surface area contributed by atoms with Gasteiger partial charge in [0.1, 0.15) is 5.82 Å². The number of amides is 1. The molecule has 1 aromatic carbocycles. The largest absolute Gasteiger partial charge is 0.307 e. The number of nitrogens with one attached hydrogen (secondary N) is 2. The number of hydrogen-bond donors (Lipinski definition) is 2. The highest BCUT2D eigenvalue weighted by Gasteiger charge is 2.04. The van der Waals surface area contributed by atoms with Crippen LogP contribution in [-0.4, -0.2) is 16.1 Å². The fraction of sp³-hybridized carbons (Fsp3) is 0.143. The van der Waals surface area contributed by atoms with Crippen molar-refractivity contribution >= 4 is 33.7 Å². The first-order valence-corrected chi connectivity index (χ1v) is 6.75. The van der Waals surface area contributed by atoms with Crippen molar-refractivity contribution in [3.8, 4) is 0 Å². The average Bonchev–Trinajstić information content (AvgIpc) is 2.84. The number of nitrogens with zero attached hydrogens (tertiary/aromatic N) is 1. The summed E-state index contributed by atoms with van der Waals surface area (Å²) in [6, 6.07) is 7.74. The Morgan fingerprint density at radius 1 is 1.53 bits per heavy atom. The first-order chi connectivity index (χ1) is 9.19. The first kappa shape index (κ1) is 13.5. The van der Waals surface area contributed by atoms with E-state index in [1.165, 1.54) is 6.08 Å². The van der Waals surface area contributed by atoms with Gasteiger partial charge in [-0.1, -0.05) is 35.0 Å². The van der Waals surface area contributed by atoms with Gasteiger partial charge in [0.15, 0.2) is 0 Å². The number of rotatable bonds is 4. The van der Waals surface area contributed by atoms with E-state index >= 15 is 0 Å². The third-order valence-electron chi connectivity index (χ3n) is 2.62. The van der Waals surface area contributed by atoms with Gasteiger partial charge in [-0.2, -0.15) is 5.10 Å². The predicted octanol–water partition coefficient (Wildman–Crippen LogP) is 3.39. The molecule has 98 valence electrons. The van der Waals surface area contributed by atoms with E-state index in [9.17, 15) is 4.79 Å². The number of H-pyrrole nitrogens is 1. The second-order valence-corrected chi connectivity index (χ2v) is 4.92. The van der Waals surface area contributed by atoms with Crippen molar-refractivity contribution < 1.29 is 4.79 Å². The molecule has 4 nitrogen and oxygen atoms in total. The molecule has 0 atom stereocenters. The standard InChI is InChI=1S/C14H14BrN3O/c1-2-11-9-16-18-14(11)17-13(19)7-6-10-4-3-5-12(15)8-10/h3-9H,2H2,1H3,(H2,16,17,18,19)/b7-6+. The van der Waals surface area contributed by atoms with Gasteiger partial charge in [0.25, 0.3) is 0 Å². The molecular weight excluding hydrogens is 306 g/mol. The number of halogens is 1. The molecule has 0 radical (unpaired) electrons. The van der Waals surface area contributed by atoms with Crippen LogP contribution in [-0.2, 0) is 11.2 Å². The van der Waals surface area contributed by atoms with Gasteiger partial charge in [-0.05, 0) is 30.2 Å². The van der Waals surface area contributed by atoms with Crippen LogP contribution in [0.4, 0.5) is 5.82 Å². The van der Waals surface area contributed by atoms with E-state index in [1.54, 1.807) is 12.3 Å². The molecule has 2 aromatic rings. The highest BCUT2D eigenvalue weighted by atomic mass is 79.9. The molecule has 0 saturated heterocycles. The van der Waals surface area contributed by atoms with E-state index in [-0.39, 0.29) is 5.91 Å². The van der Waals surface area contributed by atoms with Crippen LogP contribution in [0, 0.1) is 0 Å². The predicted molar refractivity (Wildman–Crippen MR) is 79.8 cm³/mol. The van der Waals surface area contributed by atoms with Gasteiger partial charge in [-0.3, -0.25) is 9.89 Å². The molecule has 0 aliphatic rings. The quantitative estimate of drug-likeness (QED) is 0.849. The summed E-state index contributed by atoms with van der Waals surface area (Å²) in [5.41, 5.74) is 1.95. The highest BCUT2D eigenvalue weighted by Crippen LogP contribution is 2.13. The number of carbonyl (C=O) groups excluding carboxylic acids is 1. The lowest BCUT2D eigenvalue weighted by molar-refractivity contribution is -0.111. The summed E-state index contributed by atoms with van der Waals surface area (Å²) in [5, 5.41) is 9.45. The van der Waals surface area contributed by atoms with Gasteiger partial charge in [-0.15, -0.1) is 0 Å². The van der Waals surface area contributed by atoms with Crippen molar-refractivity contribution in [1.82, 2.24) is 10.2 Å². The normalized spacial score (nSPS) is 10.8. The van der Waals surface area contributed by atoms with Crippen LogP contribution < -0.4 is 5.32 Å². The van der Waals surface area contributed by atoms with Gasteiger partial charge in [0.05, 0.1) is 6.20 Å². The van der Waals surface area contributed by atoms with Gasteiger partial charge in [-0.25, -0.2) is 0 Å². The molecule has 2 N–H and O–H groups in total. The van der Waals surface area contributed by atoms with Crippen molar-refractivity contribution in [1.29, 1.82) is 0 Å². The zero-order valence-corrected chi connectivity index (χ0v) is 12.1. The Balaban J connectivity index is 2.02. The van der Waals surface area contributed by atoms with E-state index < -0.39 is 0 Å². The number of aryl methyl sites for hydroxylation is 1. The Morgan fingerprint density at radius 2 is 2.37 bits per heavy atom. The molecule has 0 fully saturated rings. The zero-order valence-electron chi connectivity index (χ0n) is 10.5. The number of aromatic nitrogens is 2. The lowest BCUT2D eigenvalue weighted by Crippen LogP contribution is -2.09. The third-order valence-corrected chi connectivity index (χ3v) is 3.12. The minimum atomic E-state index is -0.182. The summed E-state index contributed by atoms with van der Waals surface area (Å²) in [7, 11) is 0. The maximum Gasteiger partial charge on any atom is 0.249 e. The van der Waals surface area contributed by atoms with Crippen LogP contribution in [0.1, 0.15) is 18.1 Å². The zero-order chi connectivity index (χ0) is 13.7. The van der Waals surface area contributed by atoms with Crippen LogP contribution in [0.2, 0.25) is 0 Å². The third kappa shape index (κ3) is 3.79. The van der Waals surface area contributed by atoms with E-state index in [0.717, 1.165) is 22.0 Å². The Kier molecular flexibility index (Phi) is 4.52. The monoisotopic (exact) mass is 319 g/mol. The minimum absolute atomic E-state index is 0.182. The van der Waals surface area contributed by atoms with Gasteiger partial charge in [0, 0.05) is 16.1 Å². The van der Waals surface area contributed by atoms with Gasteiger partial charge >= 0.3 is 0 Å². The Bertz CT molecular complexity index is 604. The first-order valence-electron chi connectivity index (χ1n) is 5.96. The molecule has 0 aliphatic carbocycles. The topological polar surface area (TPSA) is 57.8 Å². The Hall–Kier alpha value is -1.88. The van der Waals surface area contributed by atoms with Crippen LogP contribution in [0.5, 0.6) is 0 Å². The maximum atomic E-state index is 11.8. The molecule has 1 heterocycles. The number of aromatic amines is 1. The molecule has 0 unspecified atom stereocenters. The second-order valence-electron chi connectivity index (χ2n) is 4.00. The van der Waals surface area contributed by atoms with Crippen LogP contribution in [0.3, 0.4) is 0 Å². The SMILES string of the molecule is CCc1cn[nH]c1NC(=O)/C=C/c1cccc(Br)c1. The fourth-order valence-electron chi connectivity index (χ4n) is 1.63. The maximum absolute atomic E-state index is 11.8. The molecule has 0 saturated carbocycles. The number of anilines is 1. The summed E-state index contributed by atoms with van der Waals surface area (Å²) >= 11 is 3.39. The van der Waals surface area contributed by atoms with Crippen molar-refractivity contribution in [2.45, 2.75) is 13.3 Å². The summed E-state index contributed by atoms with van der Waals surface area (Å²) < 4.78 is 0.983. The fourth-order valence-corrected chi connectivity index (χ4v) is 2.05. The van der Waals surface area contributed by atoms with Crippen molar-refractivity contribution in [3.05, 3.63) is 52.1 Å². The van der Waals surface area contributed by atoms with Gasteiger partial charge < -0.3 is 5.32 Å². The minimum Gasteiger partial charge on any atom is -0.307 e. The number of benzene rings is 1. The van der Waals surface area contributed by atoms with Crippen molar-refractivity contribution in [3.63, 3.8) is 0 Å². The lowest BCUT2D eigenvalue weighted by Gasteiger charge is -2.01. The van der Waals surface area contributed by atoms with E-state index in [4.69, 9.17) is 0 Å². The summed E-state index contributed by atoms with van der Waals surface area (Å²) in [6.45, 7) is 2.01.